The largest absolute Gasteiger partial charge is 0.493 e. The Labute approximate surface area is 197 Å². The Hall–Kier alpha value is -3.97. The fraction of sp³-hybridized carbons (Fsp3) is 0.222. The van der Waals surface area contributed by atoms with Crippen molar-refractivity contribution in [1.29, 1.82) is 0 Å². The molecule has 5 rings (SSSR count). The molecule has 0 saturated heterocycles. The predicted molar refractivity (Wildman–Crippen MR) is 127 cm³/mol. The van der Waals surface area contributed by atoms with Crippen LogP contribution in [0.3, 0.4) is 0 Å². The minimum atomic E-state index is -0.210. The van der Waals surface area contributed by atoms with Crippen molar-refractivity contribution in [3.05, 3.63) is 88.0 Å². The molecule has 3 aromatic rings. The highest BCUT2D eigenvalue weighted by Gasteiger charge is 2.29. The highest BCUT2D eigenvalue weighted by Crippen LogP contribution is 2.33. The molecule has 0 bridgehead atoms. The number of nitrogens with zero attached hydrogens (tertiary/aromatic N) is 1. The van der Waals surface area contributed by atoms with Gasteiger partial charge in [-0.1, -0.05) is 24.3 Å². The van der Waals surface area contributed by atoms with Gasteiger partial charge in [0.25, 0.3) is 0 Å². The van der Waals surface area contributed by atoms with Crippen molar-refractivity contribution in [1.82, 2.24) is 4.90 Å². The Morgan fingerprint density at radius 3 is 2.15 bits per heavy atom. The zero-order valence-electron chi connectivity index (χ0n) is 19.0. The van der Waals surface area contributed by atoms with Crippen LogP contribution in [0.15, 0.2) is 54.6 Å². The average Bonchev–Trinajstić information content (AvgIpc) is 2.86. The molecule has 0 aromatic heterocycles. The molecule has 0 spiro atoms. The molecular formula is C27H24N2O5. The summed E-state index contributed by atoms with van der Waals surface area (Å²) in [5, 5.41) is 2.87. The fourth-order valence-corrected chi connectivity index (χ4v) is 4.66. The van der Waals surface area contributed by atoms with Gasteiger partial charge in [-0.05, 0) is 47.9 Å². The van der Waals surface area contributed by atoms with Gasteiger partial charge in [-0.15, -0.1) is 0 Å². The molecule has 1 N–H and O–H groups in total. The number of ketones is 2. The van der Waals surface area contributed by atoms with Crippen LogP contribution in [0.4, 0.5) is 5.69 Å². The predicted octanol–water partition coefficient (Wildman–Crippen LogP) is 3.48. The Kier molecular flexibility index (Phi) is 5.63. The smallest absolute Gasteiger partial charge is 0.238 e. The summed E-state index contributed by atoms with van der Waals surface area (Å²) in [6.07, 6.45) is 0.803. The first-order chi connectivity index (χ1) is 16.5. The number of methoxy groups -OCH3 is 2. The van der Waals surface area contributed by atoms with Crippen LogP contribution in [0.2, 0.25) is 0 Å². The van der Waals surface area contributed by atoms with Gasteiger partial charge in [0.15, 0.2) is 23.1 Å². The number of amides is 1. The lowest BCUT2D eigenvalue weighted by Crippen LogP contribution is -2.37. The fourth-order valence-electron chi connectivity index (χ4n) is 4.66. The summed E-state index contributed by atoms with van der Waals surface area (Å²) in [5.74, 6) is 0.803. The molecule has 3 aromatic carbocycles. The van der Waals surface area contributed by atoms with Crippen molar-refractivity contribution in [2.24, 2.45) is 0 Å². The molecule has 0 radical (unpaired) electrons. The Balaban J connectivity index is 1.29. The van der Waals surface area contributed by atoms with Crippen LogP contribution in [0.1, 0.15) is 43.0 Å². The topological polar surface area (TPSA) is 84.9 Å². The van der Waals surface area contributed by atoms with Gasteiger partial charge >= 0.3 is 0 Å². The summed E-state index contributed by atoms with van der Waals surface area (Å²) >= 11 is 0. The number of carbonyl (C=O) groups is 3. The Morgan fingerprint density at radius 2 is 1.47 bits per heavy atom. The van der Waals surface area contributed by atoms with E-state index in [9.17, 15) is 14.4 Å². The SMILES string of the molecule is COc1cc2c(cc1OC)CN(CC(=O)Nc1ccc3c(c1)C(=O)c1ccccc1C3=O)CC2. The van der Waals surface area contributed by atoms with E-state index in [2.05, 4.69) is 10.2 Å². The van der Waals surface area contributed by atoms with Crippen molar-refractivity contribution < 1.29 is 23.9 Å². The lowest BCUT2D eigenvalue weighted by Gasteiger charge is -2.29. The molecule has 0 saturated carbocycles. The Bertz CT molecular complexity index is 1330. The van der Waals surface area contributed by atoms with Crippen LogP contribution in [0.25, 0.3) is 0 Å². The molecule has 7 nitrogen and oxygen atoms in total. The van der Waals surface area contributed by atoms with E-state index in [1.807, 2.05) is 12.1 Å². The second kappa shape index (κ2) is 8.76. The third-order valence-corrected chi connectivity index (χ3v) is 6.37. The van der Waals surface area contributed by atoms with Crippen LogP contribution >= 0.6 is 0 Å². The minimum Gasteiger partial charge on any atom is -0.493 e. The van der Waals surface area contributed by atoms with Crippen molar-refractivity contribution >= 4 is 23.2 Å². The van der Waals surface area contributed by atoms with Gasteiger partial charge in [0, 0.05) is 41.0 Å². The van der Waals surface area contributed by atoms with Gasteiger partial charge in [-0.25, -0.2) is 0 Å². The molecule has 1 heterocycles. The van der Waals surface area contributed by atoms with Crippen molar-refractivity contribution in [3.63, 3.8) is 0 Å². The molecule has 34 heavy (non-hydrogen) atoms. The van der Waals surface area contributed by atoms with E-state index in [0.29, 0.717) is 46.0 Å². The van der Waals surface area contributed by atoms with Gasteiger partial charge in [0.2, 0.25) is 5.91 Å². The van der Waals surface area contributed by atoms with Crippen LogP contribution in [0.5, 0.6) is 11.5 Å². The van der Waals surface area contributed by atoms with Crippen molar-refractivity contribution in [2.75, 3.05) is 32.6 Å². The summed E-state index contributed by atoms with van der Waals surface area (Å²) in [7, 11) is 3.22. The number of fused-ring (bicyclic) bond motifs is 3. The number of hydrogen-bond acceptors (Lipinski definition) is 6. The first kappa shape index (κ1) is 21.9. The quantitative estimate of drug-likeness (QED) is 0.495. The summed E-state index contributed by atoms with van der Waals surface area (Å²) in [5.41, 5.74) is 4.26. The average molecular weight is 456 g/mol. The molecule has 0 unspecified atom stereocenters. The van der Waals surface area contributed by atoms with E-state index in [-0.39, 0.29) is 24.0 Å². The summed E-state index contributed by atoms with van der Waals surface area (Å²) in [4.78, 5) is 40.5. The van der Waals surface area contributed by atoms with E-state index in [0.717, 1.165) is 18.5 Å². The molecule has 1 amide bonds. The highest BCUT2D eigenvalue weighted by atomic mass is 16.5. The monoisotopic (exact) mass is 456 g/mol. The van der Waals surface area contributed by atoms with E-state index >= 15 is 0 Å². The molecule has 1 aliphatic carbocycles. The second-order valence-electron chi connectivity index (χ2n) is 8.45. The first-order valence-corrected chi connectivity index (χ1v) is 11.1. The van der Waals surface area contributed by atoms with Gasteiger partial charge in [-0.2, -0.15) is 0 Å². The number of carbonyl (C=O) groups excluding carboxylic acids is 3. The molecule has 172 valence electrons. The third kappa shape index (κ3) is 3.84. The van der Waals surface area contributed by atoms with Crippen LogP contribution in [-0.4, -0.2) is 49.7 Å². The highest BCUT2D eigenvalue weighted by molar-refractivity contribution is 6.28. The number of anilines is 1. The van der Waals surface area contributed by atoms with E-state index < -0.39 is 0 Å². The minimum absolute atomic E-state index is 0.179. The molecule has 0 atom stereocenters. The maximum absolute atomic E-state index is 12.9. The molecule has 7 heteroatoms. The number of benzene rings is 3. The zero-order valence-corrected chi connectivity index (χ0v) is 19.0. The van der Waals surface area contributed by atoms with Gasteiger partial charge in [0.05, 0.1) is 20.8 Å². The maximum atomic E-state index is 12.9. The lowest BCUT2D eigenvalue weighted by atomic mass is 9.84. The van der Waals surface area contributed by atoms with E-state index in [4.69, 9.17) is 9.47 Å². The Morgan fingerprint density at radius 1 is 0.853 bits per heavy atom. The summed E-state index contributed by atoms with van der Waals surface area (Å²) in [6.45, 7) is 1.57. The van der Waals surface area contributed by atoms with Gasteiger partial charge in [-0.3, -0.25) is 19.3 Å². The van der Waals surface area contributed by atoms with Crippen LogP contribution in [-0.2, 0) is 17.8 Å². The molecular weight excluding hydrogens is 432 g/mol. The second-order valence-corrected chi connectivity index (χ2v) is 8.45. The zero-order chi connectivity index (χ0) is 23.8. The number of rotatable bonds is 5. The van der Waals surface area contributed by atoms with Crippen molar-refractivity contribution in [2.45, 2.75) is 13.0 Å². The van der Waals surface area contributed by atoms with Crippen LogP contribution in [0, 0.1) is 0 Å². The summed E-state index contributed by atoms with van der Waals surface area (Å²) in [6, 6.07) is 15.6. The standard InChI is InChI=1S/C27H24N2O5/c1-33-23-11-16-9-10-29(14-17(16)12-24(23)34-2)15-25(30)28-18-7-8-21-22(13-18)27(32)20-6-4-3-5-19(20)26(21)31/h3-8,11-13H,9-10,14-15H2,1-2H3,(H,28,30). The number of hydrogen-bond donors (Lipinski definition) is 1. The molecule has 0 fully saturated rings. The van der Waals surface area contributed by atoms with E-state index in [1.54, 1.807) is 56.7 Å². The molecule has 2 aliphatic rings. The lowest BCUT2D eigenvalue weighted by molar-refractivity contribution is -0.117. The van der Waals surface area contributed by atoms with Crippen molar-refractivity contribution in [3.8, 4) is 11.5 Å². The number of nitrogens with one attached hydrogen (secondary N) is 1. The summed E-state index contributed by atoms with van der Waals surface area (Å²) < 4.78 is 10.8. The van der Waals surface area contributed by atoms with Gasteiger partial charge < -0.3 is 14.8 Å². The molecule has 1 aliphatic heterocycles. The number of ether oxygens (including phenoxy) is 2. The first-order valence-electron chi connectivity index (χ1n) is 11.1. The normalized spacial score (nSPS) is 14.6. The van der Waals surface area contributed by atoms with E-state index in [1.165, 1.54) is 5.56 Å². The maximum Gasteiger partial charge on any atom is 0.238 e. The van der Waals surface area contributed by atoms with Crippen LogP contribution < -0.4 is 14.8 Å². The van der Waals surface area contributed by atoms with Gasteiger partial charge in [0.1, 0.15) is 0 Å². The third-order valence-electron chi connectivity index (χ3n) is 6.37.